The number of tetrazole rings is 1. The molecule has 7 nitrogen and oxygen atoms in total. The van der Waals surface area contributed by atoms with Crippen molar-refractivity contribution >= 4 is 5.91 Å². The number of carbonyl (C=O) groups is 1. The van der Waals surface area contributed by atoms with Crippen molar-refractivity contribution in [1.82, 2.24) is 25.1 Å². The van der Waals surface area contributed by atoms with Crippen molar-refractivity contribution < 1.29 is 4.79 Å². The fraction of sp³-hybridized carbons (Fsp3) is 0.467. The summed E-state index contributed by atoms with van der Waals surface area (Å²) in [5.74, 6) is 0.673. The van der Waals surface area contributed by atoms with E-state index in [4.69, 9.17) is 5.73 Å². The van der Waals surface area contributed by atoms with Crippen LogP contribution in [0.15, 0.2) is 30.3 Å². The highest BCUT2D eigenvalue weighted by atomic mass is 16.1. The van der Waals surface area contributed by atoms with E-state index >= 15 is 0 Å². The molecule has 0 saturated carbocycles. The lowest BCUT2D eigenvalue weighted by Gasteiger charge is -2.29. The summed E-state index contributed by atoms with van der Waals surface area (Å²) in [5.41, 5.74) is 6.53. The zero-order chi connectivity index (χ0) is 15.4. The molecule has 116 valence electrons. The average Bonchev–Trinajstić information content (AvgIpc) is 2.96. The molecule has 2 heterocycles. The van der Waals surface area contributed by atoms with Gasteiger partial charge in [-0.3, -0.25) is 9.69 Å². The highest BCUT2D eigenvalue weighted by molar-refractivity contribution is 5.76. The van der Waals surface area contributed by atoms with Gasteiger partial charge in [-0.15, -0.1) is 5.10 Å². The van der Waals surface area contributed by atoms with Crippen molar-refractivity contribution in [1.29, 1.82) is 0 Å². The molecule has 1 aliphatic heterocycles. The molecule has 2 aromatic rings. The molecule has 3 rings (SSSR count). The molecule has 1 aliphatic rings. The predicted octanol–water partition coefficient (Wildman–Crippen LogP) is 0.419. The SMILES string of the molecule is NC(=O)C1CCN(Cc2nnnn2Cc2ccccc2)CC1. The van der Waals surface area contributed by atoms with Crippen molar-refractivity contribution in [3.8, 4) is 0 Å². The Balaban J connectivity index is 1.60. The third kappa shape index (κ3) is 3.48. The molecule has 0 aliphatic carbocycles. The first-order valence-corrected chi connectivity index (χ1v) is 7.53. The lowest BCUT2D eigenvalue weighted by atomic mass is 9.96. The van der Waals surface area contributed by atoms with Crippen LogP contribution in [0, 0.1) is 5.92 Å². The van der Waals surface area contributed by atoms with Crippen LogP contribution < -0.4 is 5.73 Å². The van der Waals surface area contributed by atoms with Crippen LogP contribution in [-0.2, 0) is 17.9 Å². The van der Waals surface area contributed by atoms with Crippen LogP contribution in [0.4, 0.5) is 0 Å². The van der Waals surface area contributed by atoms with Gasteiger partial charge in [0.05, 0.1) is 13.1 Å². The zero-order valence-electron chi connectivity index (χ0n) is 12.4. The number of hydrogen-bond donors (Lipinski definition) is 1. The smallest absolute Gasteiger partial charge is 0.220 e. The van der Waals surface area contributed by atoms with Gasteiger partial charge in [0.2, 0.25) is 5.91 Å². The van der Waals surface area contributed by atoms with E-state index in [2.05, 4.69) is 32.6 Å². The van der Waals surface area contributed by atoms with Crippen molar-refractivity contribution in [3.63, 3.8) is 0 Å². The number of nitrogens with zero attached hydrogens (tertiary/aromatic N) is 5. The normalized spacial score (nSPS) is 16.7. The maximum absolute atomic E-state index is 11.2. The van der Waals surface area contributed by atoms with Gasteiger partial charge in [-0.1, -0.05) is 30.3 Å². The fourth-order valence-corrected chi connectivity index (χ4v) is 2.79. The fourth-order valence-electron chi connectivity index (χ4n) is 2.79. The maximum atomic E-state index is 11.2. The molecule has 22 heavy (non-hydrogen) atoms. The van der Waals surface area contributed by atoms with Gasteiger partial charge in [-0.05, 0) is 41.9 Å². The van der Waals surface area contributed by atoms with Crippen LogP contribution in [0.2, 0.25) is 0 Å². The van der Waals surface area contributed by atoms with Crippen molar-refractivity contribution in [2.24, 2.45) is 11.7 Å². The summed E-state index contributed by atoms with van der Waals surface area (Å²) in [6, 6.07) is 10.1. The molecule has 1 aromatic heterocycles. The minimum Gasteiger partial charge on any atom is -0.369 e. The van der Waals surface area contributed by atoms with E-state index in [0.29, 0.717) is 13.1 Å². The van der Waals surface area contributed by atoms with Gasteiger partial charge in [-0.2, -0.15) is 0 Å². The molecule has 0 atom stereocenters. The second-order valence-corrected chi connectivity index (χ2v) is 5.69. The topological polar surface area (TPSA) is 89.9 Å². The molecule has 7 heteroatoms. The Hall–Kier alpha value is -2.28. The molecule has 2 N–H and O–H groups in total. The van der Waals surface area contributed by atoms with Gasteiger partial charge in [-0.25, -0.2) is 4.68 Å². The van der Waals surface area contributed by atoms with Crippen molar-refractivity contribution in [2.75, 3.05) is 13.1 Å². The van der Waals surface area contributed by atoms with Gasteiger partial charge in [0.1, 0.15) is 0 Å². The van der Waals surface area contributed by atoms with E-state index < -0.39 is 0 Å². The molecule has 1 fully saturated rings. The minimum absolute atomic E-state index is 0.0107. The number of likely N-dealkylation sites (tertiary alicyclic amines) is 1. The lowest BCUT2D eigenvalue weighted by Crippen LogP contribution is -2.38. The first-order chi connectivity index (χ1) is 10.7. The van der Waals surface area contributed by atoms with Crippen molar-refractivity contribution in [3.05, 3.63) is 41.7 Å². The van der Waals surface area contributed by atoms with E-state index in [9.17, 15) is 4.79 Å². The summed E-state index contributed by atoms with van der Waals surface area (Å²) >= 11 is 0. The summed E-state index contributed by atoms with van der Waals surface area (Å²) in [6.45, 7) is 3.07. The zero-order valence-corrected chi connectivity index (χ0v) is 12.4. The van der Waals surface area contributed by atoms with Crippen LogP contribution in [0.1, 0.15) is 24.2 Å². The second kappa shape index (κ2) is 6.65. The number of aromatic nitrogens is 4. The Labute approximate surface area is 129 Å². The Morgan fingerprint density at radius 2 is 1.91 bits per heavy atom. The number of primary amides is 1. The summed E-state index contributed by atoms with van der Waals surface area (Å²) in [6.07, 6.45) is 1.63. The summed E-state index contributed by atoms with van der Waals surface area (Å²) in [4.78, 5) is 13.5. The van der Waals surface area contributed by atoms with E-state index in [-0.39, 0.29) is 11.8 Å². The largest absolute Gasteiger partial charge is 0.369 e. The van der Waals surface area contributed by atoms with Gasteiger partial charge in [0, 0.05) is 5.92 Å². The van der Waals surface area contributed by atoms with Gasteiger partial charge in [0.25, 0.3) is 0 Å². The number of carbonyl (C=O) groups excluding carboxylic acids is 1. The summed E-state index contributed by atoms with van der Waals surface area (Å²) < 4.78 is 1.83. The second-order valence-electron chi connectivity index (χ2n) is 5.69. The molecular weight excluding hydrogens is 280 g/mol. The molecule has 0 unspecified atom stereocenters. The number of piperidine rings is 1. The molecule has 0 spiro atoms. The monoisotopic (exact) mass is 300 g/mol. The number of benzene rings is 1. The number of rotatable bonds is 5. The lowest BCUT2D eigenvalue weighted by molar-refractivity contribution is -0.123. The van der Waals surface area contributed by atoms with Crippen molar-refractivity contribution in [2.45, 2.75) is 25.9 Å². The standard InChI is InChI=1S/C15H20N6O/c16-15(22)13-6-8-20(9-7-13)11-14-17-18-19-21(14)10-12-4-2-1-3-5-12/h1-5,13H,6-11H2,(H2,16,22). The quantitative estimate of drug-likeness (QED) is 0.864. The van der Waals surface area contributed by atoms with E-state index in [0.717, 1.165) is 31.8 Å². The first kappa shape index (κ1) is 14.6. The van der Waals surface area contributed by atoms with E-state index in [1.807, 2.05) is 22.9 Å². The van der Waals surface area contributed by atoms with Gasteiger partial charge < -0.3 is 5.73 Å². The van der Waals surface area contributed by atoms with E-state index in [1.54, 1.807) is 0 Å². The molecule has 0 bridgehead atoms. The molecule has 1 amide bonds. The molecule has 0 radical (unpaired) electrons. The van der Waals surface area contributed by atoms with E-state index in [1.165, 1.54) is 5.56 Å². The third-order valence-electron chi connectivity index (χ3n) is 4.14. The Morgan fingerprint density at radius 1 is 1.18 bits per heavy atom. The van der Waals surface area contributed by atoms with Crippen LogP contribution in [0.5, 0.6) is 0 Å². The Morgan fingerprint density at radius 3 is 2.59 bits per heavy atom. The van der Waals surface area contributed by atoms with Gasteiger partial charge in [0.15, 0.2) is 5.82 Å². The molecule has 1 aromatic carbocycles. The number of hydrogen-bond acceptors (Lipinski definition) is 5. The van der Waals surface area contributed by atoms with Crippen LogP contribution in [0.25, 0.3) is 0 Å². The highest BCUT2D eigenvalue weighted by Crippen LogP contribution is 2.18. The average molecular weight is 300 g/mol. The Bertz CT molecular complexity index is 618. The van der Waals surface area contributed by atoms with Crippen LogP contribution >= 0.6 is 0 Å². The summed E-state index contributed by atoms with van der Waals surface area (Å²) in [7, 11) is 0. The first-order valence-electron chi connectivity index (χ1n) is 7.53. The third-order valence-corrected chi connectivity index (χ3v) is 4.14. The summed E-state index contributed by atoms with van der Waals surface area (Å²) in [5, 5.41) is 12.0. The number of amides is 1. The maximum Gasteiger partial charge on any atom is 0.220 e. The minimum atomic E-state index is -0.187. The van der Waals surface area contributed by atoms with Crippen LogP contribution in [0.3, 0.4) is 0 Å². The predicted molar refractivity (Wildman–Crippen MR) is 80.6 cm³/mol. The molecular formula is C15H20N6O. The van der Waals surface area contributed by atoms with Gasteiger partial charge >= 0.3 is 0 Å². The molecule has 1 saturated heterocycles. The van der Waals surface area contributed by atoms with Crippen LogP contribution in [-0.4, -0.2) is 44.1 Å². The number of nitrogens with two attached hydrogens (primary N) is 1. The highest BCUT2D eigenvalue weighted by Gasteiger charge is 2.24. The Kier molecular flexibility index (Phi) is 4.43.